The van der Waals surface area contributed by atoms with Crippen LogP contribution >= 0.6 is 0 Å². The van der Waals surface area contributed by atoms with E-state index in [-0.39, 0.29) is 11.6 Å². The number of hydrogen-bond donors (Lipinski definition) is 2. The first kappa shape index (κ1) is 19.0. The van der Waals surface area contributed by atoms with E-state index >= 15 is 0 Å². The van der Waals surface area contributed by atoms with Crippen LogP contribution in [0.2, 0.25) is 0 Å². The van der Waals surface area contributed by atoms with E-state index in [1.807, 2.05) is 41.9 Å². The van der Waals surface area contributed by atoms with Crippen molar-refractivity contribution in [2.45, 2.75) is 0 Å². The topological polar surface area (TPSA) is 105 Å². The summed E-state index contributed by atoms with van der Waals surface area (Å²) in [6, 6.07) is 18.2. The van der Waals surface area contributed by atoms with E-state index in [0.717, 1.165) is 16.7 Å². The molecule has 0 fully saturated rings. The van der Waals surface area contributed by atoms with Gasteiger partial charge in [-0.2, -0.15) is 5.26 Å². The lowest BCUT2D eigenvalue weighted by Gasteiger charge is -2.07. The first-order valence-corrected chi connectivity index (χ1v) is 9.17. The number of benzene rings is 2. The second-order valence-corrected chi connectivity index (χ2v) is 6.52. The van der Waals surface area contributed by atoms with Crippen LogP contribution in [0.3, 0.4) is 0 Å². The van der Waals surface area contributed by atoms with Crippen molar-refractivity contribution in [1.82, 2.24) is 19.9 Å². The fourth-order valence-corrected chi connectivity index (χ4v) is 3.01. The van der Waals surface area contributed by atoms with Crippen LogP contribution in [0, 0.1) is 11.3 Å². The minimum atomic E-state index is -0.281. The molecule has 8 nitrogen and oxygen atoms in total. The summed E-state index contributed by atoms with van der Waals surface area (Å²) in [6.45, 7) is 0. The molecule has 0 spiro atoms. The first-order chi connectivity index (χ1) is 14.6. The van der Waals surface area contributed by atoms with Crippen molar-refractivity contribution >= 4 is 28.6 Å². The van der Waals surface area contributed by atoms with Gasteiger partial charge in [-0.1, -0.05) is 6.07 Å². The predicted octanol–water partition coefficient (Wildman–Crippen LogP) is 3.74. The lowest BCUT2D eigenvalue weighted by molar-refractivity contribution is 0.0958. The second kappa shape index (κ2) is 7.93. The molecule has 2 aromatic heterocycles. The Bertz CT molecular complexity index is 1290. The van der Waals surface area contributed by atoms with E-state index in [4.69, 9.17) is 10.00 Å². The molecular weight excluding hydrogens is 380 g/mol. The maximum atomic E-state index is 11.8. The van der Waals surface area contributed by atoms with Crippen LogP contribution in [0.15, 0.2) is 60.8 Å². The molecule has 0 aliphatic heterocycles. The fourth-order valence-electron chi connectivity index (χ4n) is 3.01. The number of fused-ring (bicyclic) bond motifs is 1. The number of imidazole rings is 1. The Morgan fingerprint density at radius 3 is 2.77 bits per heavy atom. The molecule has 0 bridgehead atoms. The van der Waals surface area contributed by atoms with Crippen molar-refractivity contribution in [3.63, 3.8) is 0 Å². The first-order valence-electron chi connectivity index (χ1n) is 9.17. The minimum Gasteiger partial charge on any atom is -0.457 e. The average molecular weight is 398 g/mol. The maximum Gasteiger partial charge on any atom is 0.269 e. The molecule has 148 valence electrons. The van der Waals surface area contributed by atoms with Gasteiger partial charge in [-0.15, -0.1) is 0 Å². The Hall–Kier alpha value is -4.38. The Labute approximate surface area is 172 Å². The molecule has 4 aromatic rings. The van der Waals surface area contributed by atoms with Gasteiger partial charge in [0.2, 0.25) is 5.95 Å². The number of carbonyl (C=O) groups is 1. The smallest absolute Gasteiger partial charge is 0.269 e. The van der Waals surface area contributed by atoms with E-state index in [1.54, 1.807) is 31.3 Å². The number of nitrogens with one attached hydrogen (secondary N) is 2. The number of pyridine rings is 1. The maximum absolute atomic E-state index is 11.8. The average Bonchev–Trinajstić information content (AvgIpc) is 3.08. The van der Waals surface area contributed by atoms with Gasteiger partial charge < -0.3 is 19.9 Å². The van der Waals surface area contributed by atoms with Crippen molar-refractivity contribution in [2.75, 3.05) is 12.4 Å². The van der Waals surface area contributed by atoms with Crippen molar-refractivity contribution in [2.24, 2.45) is 7.05 Å². The van der Waals surface area contributed by atoms with Gasteiger partial charge in [-0.3, -0.25) is 9.78 Å². The van der Waals surface area contributed by atoms with Gasteiger partial charge in [0.25, 0.3) is 5.91 Å². The monoisotopic (exact) mass is 398 g/mol. The van der Waals surface area contributed by atoms with Crippen LogP contribution in [0.25, 0.3) is 11.0 Å². The number of nitrogens with zero attached hydrogens (tertiary/aromatic N) is 4. The largest absolute Gasteiger partial charge is 0.457 e. The van der Waals surface area contributed by atoms with Gasteiger partial charge in [0.15, 0.2) is 0 Å². The van der Waals surface area contributed by atoms with Crippen molar-refractivity contribution in [3.8, 4) is 17.6 Å². The number of aryl methyl sites for hydroxylation is 1. The summed E-state index contributed by atoms with van der Waals surface area (Å²) < 4.78 is 7.82. The number of carbonyl (C=O) groups excluding carboxylic acids is 1. The Morgan fingerprint density at radius 2 is 1.97 bits per heavy atom. The molecule has 0 saturated heterocycles. The van der Waals surface area contributed by atoms with Gasteiger partial charge in [-0.05, 0) is 36.4 Å². The third-order valence-corrected chi connectivity index (χ3v) is 4.53. The van der Waals surface area contributed by atoms with E-state index in [9.17, 15) is 4.79 Å². The highest BCUT2D eigenvalue weighted by Crippen LogP contribution is 2.28. The van der Waals surface area contributed by atoms with Crippen LogP contribution in [0.5, 0.6) is 11.5 Å². The van der Waals surface area contributed by atoms with Gasteiger partial charge >= 0.3 is 0 Å². The normalized spacial score (nSPS) is 10.4. The zero-order chi connectivity index (χ0) is 21.1. The molecule has 4 rings (SSSR count). The highest BCUT2D eigenvalue weighted by atomic mass is 16.5. The SMILES string of the molecule is CNC(=O)c1cc(Oc2ccc3c(c2)nc(Nc2cccc(C#N)c2)n3C)ccn1. The molecular formula is C22H18N6O2. The van der Waals surface area contributed by atoms with E-state index in [0.29, 0.717) is 23.0 Å². The van der Waals surface area contributed by atoms with Crippen LogP contribution in [-0.2, 0) is 7.05 Å². The molecule has 8 heteroatoms. The van der Waals surface area contributed by atoms with Crippen molar-refractivity contribution < 1.29 is 9.53 Å². The number of rotatable bonds is 5. The summed E-state index contributed by atoms with van der Waals surface area (Å²) in [6.07, 6.45) is 1.52. The number of amides is 1. The van der Waals surface area contributed by atoms with Crippen molar-refractivity contribution in [3.05, 3.63) is 72.1 Å². The summed E-state index contributed by atoms with van der Waals surface area (Å²) in [7, 11) is 3.46. The van der Waals surface area contributed by atoms with Crippen LogP contribution in [0.4, 0.5) is 11.6 Å². The Balaban J connectivity index is 1.60. The van der Waals surface area contributed by atoms with E-state index in [1.165, 1.54) is 6.20 Å². The number of nitriles is 1. The minimum absolute atomic E-state index is 0.278. The summed E-state index contributed by atoms with van der Waals surface area (Å²) in [5.74, 6) is 1.46. The zero-order valence-electron chi connectivity index (χ0n) is 16.4. The lowest BCUT2D eigenvalue weighted by Crippen LogP contribution is -2.18. The summed E-state index contributed by atoms with van der Waals surface area (Å²) in [5.41, 5.74) is 3.29. The highest BCUT2D eigenvalue weighted by Gasteiger charge is 2.11. The van der Waals surface area contributed by atoms with Gasteiger partial charge in [0, 0.05) is 38.1 Å². The van der Waals surface area contributed by atoms with Crippen molar-refractivity contribution in [1.29, 1.82) is 5.26 Å². The number of ether oxygens (including phenoxy) is 1. The number of anilines is 2. The Kier molecular flexibility index (Phi) is 5.01. The molecule has 0 radical (unpaired) electrons. The fraction of sp³-hybridized carbons (Fsp3) is 0.0909. The molecule has 1 amide bonds. The molecule has 2 N–H and O–H groups in total. The third-order valence-electron chi connectivity index (χ3n) is 4.53. The summed E-state index contributed by atoms with van der Waals surface area (Å²) in [5, 5.41) is 14.8. The standard InChI is InChI=1S/C22H18N6O2/c1-24-21(29)19-12-17(8-9-25-19)30-16-6-7-20-18(11-16)27-22(28(20)2)26-15-5-3-4-14(10-15)13-23/h3-12H,1-2H3,(H,24,29)(H,26,27). The van der Waals surface area contributed by atoms with Crippen LogP contribution in [-0.4, -0.2) is 27.5 Å². The third kappa shape index (κ3) is 3.77. The number of hydrogen-bond acceptors (Lipinski definition) is 6. The number of aromatic nitrogens is 3. The molecule has 0 saturated carbocycles. The quantitative estimate of drug-likeness (QED) is 0.531. The highest BCUT2D eigenvalue weighted by molar-refractivity contribution is 5.92. The molecule has 0 aliphatic carbocycles. The molecule has 30 heavy (non-hydrogen) atoms. The Morgan fingerprint density at radius 1 is 1.13 bits per heavy atom. The second-order valence-electron chi connectivity index (χ2n) is 6.52. The summed E-state index contributed by atoms with van der Waals surface area (Å²) in [4.78, 5) is 20.4. The van der Waals surface area contributed by atoms with Gasteiger partial charge in [-0.25, -0.2) is 4.98 Å². The molecule has 0 atom stereocenters. The predicted molar refractivity (Wildman–Crippen MR) is 113 cm³/mol. The van der Waals surface area contributed by atoms with E-state index in [2.05, 4.69) is 26.7 Å². The molecule has 0 aliphatic rings. The molecule has 2 aromatic carbocycles. The lowest BCUT2D eigenvalue weighted by atomic mass is 10.2. The molecule has 2 heterocycles. The summed E-state index contributed by atoms with van der Waals surface area (Å²) >= 11 is 0. The van der Waals surface area contributed by atoms with Crippen LogP contribution in [0.1, 0.15) is 16.1 Å². The van der Waals surface area contributed by atoms with Gasteiger partial charge in [0.1, 0.15) is 17.2 Å². The zero-order valence-corrected chi connectivity index (χ0v) is 16.4. The van der Waals surface area contributed by atoms with E-state index < -0.39 is 0 Å². The van der Waals surface area contributed by atoms with Gasteiger partial charge in [0.05, 0.1) is 22.7 Å². The molecule has 0 unspecified atom stereocenters. The van der Waals surface area contributed by atoms with Crippen LogP contribution < -0.4 is 15.4 Å².